The first-order valence-electron chi connectivity index (χ1n) is 6.45. The van der Waals surface area contributed by atoms with Crippen LogP contribution < -0.4 is 0 Å². The molecule has 1 fully saturated rings. The number of ether oxygens (including phenoxy) is 2. The van der Waals surface area contributed by atoms with Crippen molar-refractivity contribution < 1.29 is 23.9 Å². The van der Waals surface area contributed by atoms with E-state index >= 15 is 0 Å². The minimum Gasteiger partial charge on any atom is -0.482 e. The van der Waals surface area contributed by atoms with Gasteiger partial charge in [-0.25, -0.2) is 0 Å². The highest BCUT2D eigenvalue weighted by Gasteiger charge is 2.58. The summed E-state index contributed by atoms with van der Waals surface area (Å²) in [5.74, 6) is -0.223. The summed E-state index contributed by atoms with van der Waals surface area (Å²) in [4.78, 5) is 35.0. The molecule has 0 bridgehead atoms. The number of carbonyl (C=O) groups is 3. The van der Waals surface area contributed by atoms with E-state index in [0.717, 1.165) is 0 Å². The summed E-state index contributed by atoms with van der Waals surface area (Å²) in [6, 6.07) is 0. The monoisotopic (exact) mass is 274 g/mol. The van der Waals surface area contributed by atoms with Gasteiger partial charge in [0.2, 0.25) is 0 Å². The first-order valence-corrected chi connectivity index (χ1v) is 6.45. The highest BCUT2D eigenvalue weighted by Crippen LogP contribution is 2.54. The van der Waals surface area contributed by atoms with Crippen LogP contribution in [0, 0.1) is 5.41 Å². The van der Waals surface area contributed by atoms with Crippen molar-refractivity contribution >= 4 is 17.5 Å². The van der Waals surface area contributed by atoms with Crippen LogP contribution in [0.2, 0.25) is 0 Å². The lowest BCUT2D eigenvalue weighted by Crippen LogP contribution is -2.36. The normalized spacial score (nSPS) is 29.9. The molecular formula is C15H14O5. The molecule has 1 unspecified atom stereocenters. The maximum absolute atomic E-state index is 12.2. The van der Waals surface area contributed by atoms with Crippen LogP contribution >= 0.6 is 0 Å². The topological polar surface area (TPSA) is 69.7 Å². The van der Waals surface area contributed by atoms with Gasteiger partial charge >= 0.3 is 5.97 Å². The van der Waals surface area contributed by atoms with Crippen molar-refractivity contribution in [2.45, 2.75) is 24.9 Å². The van der Waals surface area contributed by atoms with Crippen LogP contribution in [0.1, 0.15) is 19.3 Å². The van der Waals surface area contributed by atoms with Gasteiger partial charge in [-0.2, -0.15) is 0 Å². The molecule has 20 heavy (non-hydrogen) atoms. The molecule has 0 saturated carbocycles. The first kappa shape index (κ1) is 12.8. The molecule has 3 rings (SSSR count). The van der Waals surface area contributed by atoms with Crippen LogP contribution in [0.4, 0.5) is 0 Å². The molecule has 104 valence electrons. The number of rotatable bonds is 1. The molecule has 0 amide bonds. The van der Waals surface area contributed by atoms with E-state index in [1.54, 1.807) is 12.2 Å². The van der Waals surface area contributed by atoms with E-state index in [0.29, 0.717) is 25.0 Å². The fourth-order valence-corrected chi connectivity index (χ4v) is 3.05. The quantitative estimate of drug-likeness (QED) is 0.673. The fourth-order valence-electron chi connectivity index (χ4n) is 3.05. The SMILES string of the molecule is COC(=O)C12CCC(=O)C=C1OC1(C=CC(=O)C=C1)C2. The highest BCUT2D eigenvalue weighted by atomic mass is 16.5. The molecule has 1 saturated heterocycles. The van der Waals surface area contributed by atoms with Crippen LogP contribution in [-0.4, -0.2) is 30.2 Å². The van der Waals surface area contributed by atoms with Crippen molar-refractivity contribution in [3.05, 3.63) is 36.1 Å². The highest BCUT2D eigenvalue weighted by molar-refractivity contribution is 6.01. The molecule has 1 aliphatic heterocycles. The van der Waals surface area contributed by atoms with Crippen molar-refractivity contribution in [1.29, 1.82) is 0 Å². The Hall–Kier alpha value is -2.17. The van der Waals surface area contributed by atoms with E-state index in [-0.39, 0.29) is 11.6 Å². The Balaban J connectivity index is 2.05. The summed E-state index contributed by atoms with van der Waals surface area (Å²) < 4.78 is 10.8. The Kier molecular flexibility index (Phi) is 2.67. The van der Waals surface area contributed by atoms with E-state index < -0.39 is 17.0 Å². The molecule has 5 nitrogen and oxygen atoms in total. The average molecular weight is 274 g/mol. The summed E-state index contributed by atoms with van der Waals surface area (Å²) in [7, 11) is 1.33. The number of hydrogen-bond donors (Lipinski definition) is 0. The van der Waals surface area contributed by atoms with Crippen LogP contribution in [0.3, 0.4) is 0 Å². The fraction of sp³-hybridized carbons (Fsp3) is 0.400. The smallest absolute Gasteiger partial charge is 0.319 e. The van der Waals surface area contributed by atoms with Crippen molar-refractivity contribution in [3.63, 3.8) is 0 Å². The zero-order valence-electron chi connectivity index (χ0n) is 11.0. The minimum atomic E-state index is -0.919. The number of allylic oxidation sites excluding steroid dienone is 3. The van der Waals surface area contributed by atoms with Gasteiger partial charge in [0, 0.05) is 18.9 Å². The van der Waals surface area contributed by atoms with Crippen LogP contribution in [0.5, 0.6) is 0 Å². The molecule has 1 heterocycles. The third-order valence-electron chi connectivity index (χ3n) is 4.08. The maximum Gasteiger partial charge on any atom is 0.319 e. The van der Waals surface area contributed by atoms with Gasteiger partial charge in [-0.3, -0.25) is 14.4 Å². The zero-order chi connectivity index (χ0) is 14.4. The van der Waals surface area contributed by atoms with Gasteiger partial charge < -0.3 is 9.47 Å². The summed E-state index contributed by atoms with van der Waals surface area (Å²) in [5, 5.41) is 0. The number of hydrogen-bond acceptors (Lipinski definition) is 5. The summed E-state index contributed by atoms with van der Waals surface area (Å²) in [6.07, 6.45) is 8.54. The van der Waals surface area contributed by atoms with Gasteiger partial charge in [-0.15, -0.1) is 0 Å². The number of esters is 1. The largest absolute Gasteiger partial charge is 0.482 e. The van der Waals surface area contributed by atoms with E-state index in [4.69, 9.17) is 9.47 Å². The number of ketones is 2. The van der Waals surface area contributed by atoms with Gasteiger partial charge in [-0.05, 0) is 30.7 Å². The van der Waals surface area contributed by atoms with E-state index in [1.807, 2.05) is 0 Å². The Labute approximate surface area is 115 Å². The lowest BCUT2D eigenvalue weighted by molar-refractivity contribution is -0.151. The number of methoxy groups -OCH3 is 1. The molecule has 0 aromatic heterocycles. The zero-order valence-corrected chi connectivity index (χ0v) is 11.0. The molecule has 0 aromatic rings. The average Bonchev–Trinajstić information content (AvgIpc) is 2.76. The molecule has 3 aliphatic rings. The lowest BCUT2D eigenvalue weighted by Gasteiger charge is -2.27. The standard InChI is InChI=1S/C15H14O5/c1-19-13(18)15-7-4-11(17)8-12(15)20-14(9-15)5-2-10(16)3-6-14/h2-3,5-6,8H,4,7,9H2,1H3. The summed E-state index contributed by atoms with van der Waals surface area (Å²) >= 11 is 0. The van der Waals surface area contributed by atoms with Crippen molar-refractivity contribution in [3.8, 4) is 0 Å². The lowest BCUT2D eigenvalue weighted by atomic mass is 9.72. The van der Waals surface area contributed by atoms with Crippen LogP contribution in [-0.2, 0) is 23.9 Å². The predicted octanol–water partition coefficient (Wildman–Crippen LogP) is 1.25. The van der Waals surface area contributed by atoms with Crippen molar-refractivity contribution in [2.24, 2.45) is 5.41 Å². The molecule has 1 spiro atoms. The van der Waals surface area contributed by atoms with Crippen molar-refractivity contribution in [1.82, 2.24) is 0 Å². The molecule has 0 N–H and O–H groups in total. The van der Waals surface area contributed by atoms with Crippen molar-refractivity contribution in [2.75, 3.05) is 7.11 Å². The van der Waals surface area contributed by atoms with Gasteiger partial charge in [0.15, 0.2) is 11.6 Å². The van der Waals surface area contributed by atoms with Gasteiger partial charge in [0.05, 0.1) is 7.11 Å². The Morgan fingerprint density at radius 3 is 2.65 bits per heavy atom. The van der Waals surface area contributed by atoms with E-state index in [2.05, 4.69) is 0 Å². The van der Waals surface area contributed by atoms with Crippen LogP contribution in [0.25, 0.3) is 0 Å². The summed E-state index contributed by atoms with van der Waals surface area (Å²) in [5.41, 5.74) is -1.75. The Bertz CT molecular complexity index is 579. The molecule has 5 heteroatoms. The second kappa shape index (κ2) is 4.16. The Morgan fingerprint density at radius 2 is 2.00 bits per heavy atom. The van der Waals surface area contributed by atoms with Gasteiger partial charge in [-0.1, -0.05) is 0 Å². The third-order valence-corrected chi connectivity index (χ3v) is 4.08. The number of fused-ring (bicyclic) bond motifs is 1. The predicted molar refractivity (Wildman–Crippen MR) is 68.5 cm³/mol. The maximum atomic E-state index is 12.2. The molecule has 2 aliphatic carbocycles. The van der Waals surface area contributed by atoms with E-state index in [9.17, 15) is 14.4 Å². The van der Waals surface area contributed by atoms with Gasteiger partial charge in [0.1, 0.15) is 16.8 Å². The Morgan fingerprint density at radius 1 is 1.30 bits per heavy atom. The second-order valence-electron chi connectivity index (χ2n) is 5.35. The third kappa shape index (κ3) is 1.73. The molecular weight excluding hydrogens is 260 g/mol. The summed E-state index contributed by atoms with van der Waals surface area (Å²) in [6.45, 7) is 0. The van der Waals surface area contributed by atoms with E-state index in [1.165, 1.54) is 25.3 Å². The van der Waals surface area contributed by atoms with Gasteiger partial charge in [0.25, 0.3) is 0 Å². The molecule has 1 atom stereocenters. The molecule has 0 radical (unpaired) electrons. The second-order valence-corrected chi connectivity index (χ2v) is 5.35. The van der Waals surface area contributed by atoms with Crippen LogP contribution in [0.15, 0.2) is 36.1 Å². The number of carbonyl (C=O) groups excluding carboxylic acids is 3. The first-order chi connectivity index (χ1) is 9.50. The molecule has 0 aromatic carbocycles. The minimum absolute atomic E-state index is 0.0589.